The molecule has 0 bridgehead atoms. The Hall–Kier alpha value is 0.350. The minimum absolute atomic E-state index is 0.0128. The molecule has 0 atom stereocenters. The maximum absolute atomic E-state index is 6.23. The molecule has 2 saturated heterocycles. The molecule has 1 spiro atoms. The van der Waals surface area contributed by atoms with E-state index in [9.17, 15) is 0 Å². The van der Waals surface area contributed by atoms with Crippen LogP contribution >= 0.6 is 7.92 Å². The van der Waals surface area contributed by atoms with Gasteiger partial charge in [-0.1, -0.05) is 49.5 Å². The molecular weight excluding hydrogens is 243 g/mol. The first-order chi connectivity index (χ1) is 7.98. The quantitative estimate of drug-likeness (QED) is 0.615. The Morgan fingerprint density at radius 3 is 1.56 bits per heavy atom. The summed E-state index contributed by atoms with van der Waals surface area (Å²) in [6.45, 7) is 18.0. The van der Waals surface area contributed by atoms with E-state index in [2.05, 4.69) is 48.2 Å². The second-order valence-corrected chi connectivity index (χ2v) is 11.7. The summed E-state index contributed by atoms with van der Waals surface area (Å²) in [4.78, 5) is 0. The van der Waals surface area contributed by atoms with Crippen LogP contribution in [0.2, 0.25) is 0 Å². The third-order valence-electron chi connectivity index (χ3n) is 4.67. The van der Waals surface area contributed by atoms with Crippen LogP contribution in [0.25, 0.3) is 0 Å². The van der Waals surface area contributed by atoms with E-state index in [-0.39, 0.29) is 19.1 Å². The Morgan fingerprint density at radius 2 is 1.17 bits per heavy atom. The molecule has 0 saturated carbocycles. The van der Waals surface area contributed by atoms with Gasteiger partial charge in [-0.05, 0) is 17.0 Å². The summed E-state index contributed by atoms with van der Waals surface area (Å²) >= 11 is 0. The molecule has 3 heteroatoms. The monoisotopic (exact) mass is 272 g/mol. The highest BCUT2D eigenvalue weighted by atomic mass is 31.1. The molecule has 0 radical (unpaired) electrons. The molecule has 0 amide bonds. The highest BCUT2D eigenvalue weighted by Crippen LogP contribution is 2.66. The normalized spacial score (nSPS) is 33.5. The van der Waals surface area contributed by atoms with Crippen molar-refractivity contribution in [2.45, 2.75) is 70.5 Å². The van der Waals surface area contributed by atoms with Gasteiger partial charge in [0.05, 0.1) is 13.2 Å². The largest absolute Gasteiger partial charge is 0.349 e. The van der Waals surface area contributed by atoms with Gasteiger partial charge in [0.25, 0.3) is 0 Å². The summed E-state index contributed by atoms with van der Waals surface area (Å²) in [5.41, 5.74) is 0.161. The van der Waals surface area contributed by atoms with Crippen LogP contribution in [0.3, 0.4) is 0 Å². The minimum atomic E-state index is -0.322. The summed E-state index contributed by atoms with van der Waals surface area (Å²) < 4.78 is 12.5. The molecular formula is C15H29O2P. The van der Waals surface area contributed by atoms with E-state index in [1.165, 1.54) is 0 Å². The lowest BCUT2D eigenvalue weighted by atomic mass is 9.88. The van der Waals surface area contributed by atoms with Crippen molar-refractivity contribution in [2.24, 2.45) is 5.41 Å². The molecule has 2 heterocycles. The highest BCUT2D eigenvalue weighted by Gasteiger charge is 2.55. The van der Waals surface area contributed by atoms with E-state index in [0.29, 0.717) is 10.3 Å². The van der Waals surface area contributed by atoms with Gasteiger partial charge in [-0.3, -0.25) is 0 Å². The lowest BCUT2D eigenvalue weighted by Crippen LogP contribution is -2.57. The molecule has 0 aromatic rings. The van der Waals surface area contributed by atoms with Gasteiger partial charge in [-0.2, -0.15) is 0 Å². The summed E-state index contributed by atoms with van der Waals surface area (Å²) in [5, 5.41) is 0.664. The third-order valence-corrected chi connectivity index (χ3v) is 8.62. The molecule has 2 aliphatic rings. The zero-order valence-corrected chi connectivity index (χ0v) is 14.0. The van der Waals surface area contributed by atoms with Crippen LogP contribution in [0.15, 0.2) is 0 Å². The van der Waals surface area contributed by atoms with E-state index in [0.717, 1.165) is 26.1 Å². The molecule has 2 nitrogen and oxygen atoms in total. The number of ether oxygens (including phenoxy) is 2. The fourth-order valence-corrected chi connectivity index (χ4v) is 5.97. The van der Waals surface area contributed by atoms with Gasteiger partial charge in [0, 0.05) is 18.3 Å². The van der Waals surface area contributed by atoms with Crippen LogP contribution in [0.4, 0.5) is 0 Å². The molecule has 106 valence electrons. The first kappa shape index (κ1) is 14.8. The van der Waals surface area contributed by atoms with Crippen molar-refractivity contribution in [1.29, 1.82) is 0 Å². The fourth-order valence-electron chi connectivity index (χ4n) is 3.38. The Kier molecular flexibility index (Phi) is 3.42. The van der Waals surface area contributed by atoms with Crippen LogP contribution in [0.1, 0.15) is 54.4 Å². The van der Waals surface area contributed by atoms with Crippen molar-refractivity contribution >= 4 is 7.92 Å². The second kappa shape index (κ2) is 4.17. The SMILES string of the molecule is CP1C(C)(C)CC2(CC1(C)C)OCC(C)(C)CO2. The van der Waals surface area contributed by atoms with Gasteiger partial charge in [-0.25, -0.2) is 0 Å². The van der Waals surface area contributed by atoms with Crippen molar-refractivity contribution in [3.63, 3.8) is 0 Å². The zero-order valence-electron chi connectivity index (χ0n) is 13.1. The lowest BCUT2D eigenvalue weighted by Gasteiger charge is -2.57. The van der Waals surface area contributed by atoms with Gasteiger partial charge in [0.15, 0.2) is 5.79 Å². The lowest BCUT2D eigenvalue weighted by molar-refractivity contribution is -0.310. The van der Waals surface area contributed by atoms with E-state index in [1.807, 2.05) is 0 Å². The third kappa shape index (κ3) is 2.62. The molecule has 2 rings (SSSR count). The van der Waals surface area contributed by atoms with Crippen LogP contribution in [0.5, 0.6) is 0 Å². The standard InChI is InChI=1S/C15H29O2P/c1-12(2)10-16-15(17-11-12)8-13(3,4)18(7)14(5,6)9-15/h8-11H2,1-7H3. The van der Waals surface area contributed by atoms with E-state index >= 15 is 0 Å². The number of rotatable bonds is 0. The minimum Gasteiger partial charge on any atom is -0.349 e. The maximum Gasteiger partial charge on any atom is 0.170 e. The molecule has 0 aliphatic carbocycles. The zero-order chi connectivity index (χ0) is 13.8. The van der Waals surface area contributed by atoms with Gasteiger partial charge in [-0.15, -0.1) is 0 Å². The molecule has 0 unspecified atom stereocenters. The smallest absolute Gasteiger partial charge is 0.170 e. The topological polar surface area (TPSA) is 18.5 Å². The maximum atomic E-state index is 6.23. The summed E-state index contributed by atoms with van der Waals surface area (Å²) in [6, 6.07) is 0. The molecule has 0 aromatic heterocycles. The highest BCUT2D eigenvalue weighted by molar-refractivity contribution is 7.60. The first-order valence-electron chi connectivity index (χ1n) is 7.00. The predicted molar refractivity (Wildman–Crippen MR) is 78.7 cm³/mol. The van der Waals surface area contributed by atoms with Crippen LogP contribution in [0, 0.1) is 5.41 Å². The number of hydrogen-bond donors (Lipinski definition) is 0. The average Bonchev–Trinajstić information content (AvgIpc) is 2.19. The van der Waals surface area contributed by atoms with E-state index in [1.54, 1.807) is 0 Å². The van der Waals surface area contributed by atoms with Crippen LogP contribution in [-0.4, -0.2) is 36.0 Å². The molecule has 0 N–H and O–H groups in total. The Labute approximate surface area is 114 Å². The molecule has 18 heavy (non-hydrogen) atoms. The van der Waals surface area contributed by atoms with Gasteiger partial charge < -0.3 is 9.47 Å². The van der Waals surface area contributed by atoms with Crippen molar-refractivity contribution in [1.82, 2.24) is 0 Å². The summed E-state index contributed by atoms with van der Waals surface area (Å²) in [6.07, 6.45) is 2.09. The van der Waals surface area contributed by atoms with Crippen molar-refractivity contribution in [3.8, 4) is 0 Å². The molecule has 2 fully saturated rings. The van der Waals surface area contributed by atoms with Crippen LogP contribution < -0.4 is 0 Å². The first-order valence-corrected chi connectivity index (χ1v) is 8.79. The average molecular weight is 272 g/mol. The molecule has 0 aromatic carbocycles. The van der Waals surface area contributed by atoms with E-state index in [4.69, 9.17) is 9.47 Å². The van der Waals surface area contributed by atoms with Crippen molar-refractivity contribution in [2.75, 3.05) is 19.9 Å². The van der Waals surface area contributed by atoms with E-state index < -0.39 is 0 Å². The van der Waals surface area contributed by atoms with Crippen molar-refractivity contribution in [3.05, 3.63) is 0 Å². The fraction of sp³-hybridized carbons (Fsp3) is 1.00. The Morgan fingerprint density at radius 1 is 0.778 bits per heavy atom. The summed E-state index contributed by atoms with van der Waals surface area (Å²) in [5.74, 6) is -0.322. The second-order valence-electron chi connectivity index (χ2n) is 8.19. The van der Waals surface area contributed by atoms with Crippen molar-refractivity contribution < 1.29 is 9.47 Å². The number of hydrogen-bond acceptors (Lipinski definition) is 2. The predicted octanol–water partition coefficient (Wildman–Crippen LogP) is 4.22. The van der Waals surface area contributed by atoms with Gasteiger partial charge in [0.2, 0.25) is 0 Å². The Bertz CT molecular complexity index is 303. The van der Waals surface area contributed by atoms with Gasteiger partial charge in [0.1, 0.15) is 0 Å². The van der Waals surface area contributed by atoms with Gasteiger partial charge >= 0.3 is 0 Å². The molecule has 2 aliphatic heterocycles. The van der Waals surface area contributed by atoms with Crippen LogP contribution in [-0.2, 0) is 9.47 Å². The Balaban J connectivity index is 2.21. The summed E-state index contributed by atoms with van der Waals surface area (Å²) in [7, 11) is -0.0128.